The molecule has 2 atom stereocenters. The van der Waals surface area contributed by atoms with E-state index in [0.717, 1.165) is 6.42 Å². The summed E-state index contributed by atoms with van der Waals surface area (Å²) < 4.78 is 0. The van der Waals surface area contributed by atoms with Crippen LogP contribution in [0.2, 0.25) is 0 Å². The normalized spacial score (nSPS) is 31.3. The van der Waals surface area contributed by atoms with E-state index >= 15 is 0 Å². The molecule has 0 aliphatic heterocycles. The molecule has 1 fully saturated rings. The lowest BCUT2D eigenvalue weighted by Crippen LogP contribution is -2.15. The van der Waals surface area contributed by atoms with Gasteiger partial charge in [0.1, 0.15) is 0 Å². The average molecular weight is 153 g/mol. The predicted molar refractivity (Wildman–Crippen MR) is 49.3 cm³/mol. The van der Waals surface area contributed by atoms with Crippen molar-refractivity contribution in [1.29, 1.82) is 0 Å². The highest BCUT2D eigenvalue weighted by molar-refractivity contribution is 5.06. The third-order valence-electron chi connectivity index (χ3n) is 2.74. The molecule has 64 valence electrons. The maximum atomic E-state index is 5.82. The molecule has 1 aliphatic carbocycles. The molecule has 0 aromatic heterocycles. The van der Waals surface area contributed by atoms with E-state index in [0.29, 0.717) is 17.9 Å². The van der Waals surface area contributed by atoms with Crippen LogP contribution in [0, 0.1) is 11.8 Å². The smallest absolute Gasteiger partial charge is 0.00447 e. The van der Waals surface area contributed by atoms with Gasteiger partial charge in [-0.15, -0.1) is 0 Å². The second-order valence-corrected chi connectivity index (χ2v) is 4.00. The minimum Gasteiger partial charge on any atom is -0.328 e. The van der Waals surface area contributed by atoms with E-state index in [1.54, 1.807) is 0 Å². The highest BCUT2D eigenvalue weighted by Crippen LogP contribution is 2.32. The Bertz CT molecular complexity index is 149. The van der Waals surface area contributed by atoms with Crippen LogP contribution in [-0.4, -0.2) is 6.04 Å². The molecular weight excluding hydrogens is 134 g/mol. The molecule has 0 unspecified atom stereocenters. The molecule has 0 aromatic carbocycles. The van der Waals surface area contributed by atoms with E-state index in [1.165, 1.54) is 18.4 Å². The maximum absolute atomic E-state index is 5.82. The molecule has 1 saturated carbocycles. The largest absolute Gasteiger partial charge is 0.328 e. The molecule has 0 saturated heterocycles. The van der Waals surface area contributed by atoms with Crippen molar-refractivity contribution in [3.05, 3.63) is 12.2 Å². The number of hydrogen-bond donors (Lipinski definition) is 1. The van der Waals surface area contributed by atoms with Crippen LogP contribution in [0.4, 0.5) is 0 Å². The monoisotopic (exact) mass is 153 g/mol. The Labute approximate surface area is 69.7 Å². The molecule has 0 aromatic rings. The highest BCUT2D eigenvalue weighted by Gasteiger charge is 2.24. The average Bonchev–Trinajstić information content (AvgIpc) is 2.34. The van der Waals surface area contributed by atoms with Gasteiger partial charge in [-0.1, -0.05) is 26.0 Å². The van der Waals surface area contributed by atoms with Crippen molar-refractivity contribution in [3.63, 3.8) is 0 Å². The number of rotatable bonds is 2. The summed E-state index contributed by atoms with van der Waals surface area (Å²) in [4.78, 5) is 0. The maximum Gasteiger partial charge on any atom is 0.00447 e. The van der Waals surface area contributed by atoms with Crippen molar-refractivity contribution in [1.82, 2.24) is 0 Å². The first-order chi connectivity index (χ1) is 5.11. The lowest BCUT2D eigenvalue weighted by molar-refractivity contribution is 0.551. The zero-order valence-electron chi connectivity index (χ0n) is 7.64. The van der Waals surface area contributed by atoms with Gasteiger partial charge in [0.2, 0.25) is 0 Å². The zero-order chi connectivity index (χ0) is 8.43. The fourth-order valence-electron chi connectivity index (χ4n) is 1.82. The van der Waals surface area contributed by atoms with Gasteiger partial charge >= 0.3 is 0 Å². The molecule has 0 heterocycles. The summed E-state index contributed by atoms with van der Waals surface area (Å²) in [6.45, 7) is 8.54. The van der Waals surface area contributed by atoms with Gasteiger partial charge in [0.05, 0.1) is 0 Å². The van der Waals surface area contributed by atoms with E-state index in [2.05, 4.69) is 20.4 Å². The second kappa shape index (κ2) is 3.40. The van der Waals surface area contributed by atoms with E-state index in [-0.39, 0.29) is 0 Å². The van der Waals surface area contributed by atoms with Crippen molar-refractivity contribution in [3.8, 4) is 0 Å². The van der Waals surface area contributed by atoms with Crippen LogP contribution in [0.1, 0.15) is 33.1 Å². The van der Waals surface area contributed by atoms with Crippen molar-refractivity contribution in [2.75, 3.05) is 0 Å². The van der Waals surface area contributed by atoms with Gasteiger partial charge in [-0.05, 0) is 31.1 Å². The Morgan fingerprint density at radius 2 is 2.09 bits per heavy atom. The minimum absolute atomic E-state index is 0.440. The molecule has 1 heteroatoms. The van der Waals surface area contributed by atoms with E-state index in [4.69, 9.17) is 5.73 Å². The first kappa shape index (κ1) is 8.79. The van der Waals surface area contributed by atoms with Crippen molar-refractivity contribution < 1.29 is 0 Å². The van der Waals surface area contributed by atoms with Gasteiger partial charge in [0, 0.05) is 6.04 Å². The van der Waals surface area contributed by atoms with Crippen molar-refractivity contribution in [2.45, 2.75) is 39.2 Å². The Hall–Kier alpha value is -0.300. The fraction of sp³-hybridized carbons (Fsp3) is 0.800. The number of nitrogens with two attached hydrogens (primary N) is 1. The topological polar surface area (TPSA) is 26.0 Å². The molecular formula is C10H19N. The van der Waals surface area contributed by atoms with Gasteiger partial charge in [0.15, 0.2) is 0 Å². The molecule has 1 nitrogen and oxygen atoms in total. The quantitative estimate of drug-likeness (QED) is 0.605. The van der Waals surface area contributed by atoms with Gasteiger partial charge in [-0.25, -0.2) is 0 Å². The van der Waals surface area contributed by atoms with Gasteiger partial charge < -0.3 is 5.73 Å². The number of allylic oxidation sites excluding steroid dienone is 1. The summed E-state index contributed by atoms with van der Waals surface area (Å²) in [6.07, 6.45) is 3.62. The minimum atomic E-state index is 0.440. The van der Waals surface area contributed by atoms with Crippen LogP contribution >= 0.6 is 0 Å². The van der Waals surface area contributed by atoms with E-state index < -0.39 is 0 Å². The van der Waals surface area contributed by atoms with Crippen molar-refractivity contribution >= 4 is 0 Å². The SMILES string of the molecule is C=C(C(C)C)[C@H]1CC[C@@H](N)C1. The summed E-state index contributed by atoms with van der Waals surface area (Å²) in [7, 11) is 0. The molecule has 2 N–H and O–H groups in total. The van der Waals surface area contributed by atoms with Crippen LogP contribution in [0.5, 0.6) is 0 Å². The second-order valence-electron chi connectivity index (χ2n) is 4.00. The lowest BCUT2D eigenvalue weighted by atomic mass is 9.90. The molecule has 0 amide bonds. The summed E-state index contributed by atoms with van der Waals surface area (Å²) >= 11 is 0. The molecule has 0 spiro atoms. The van der Waals surface area contributed by atoms with Crippen LogP contribution < -0.4 is 5.73 Å². The third kappa shape index (κ3) is 2.06. The predicted octanol–water partition coefficient (Wildman–Crippen LogP) is 2.33. The summed E-state index contributed by atoms with van der Waals surface area (Å²) in [5, 5.41) is 0. The molecule has 1 aliphatic rings. The highest BCUT2D eigenvalue weighted by atomic mass is 14.6. The standard InChI is InChI=1S/C10H19N/c1-7(2)8(3)9-4-5-10(11)6-9/h7,9-10H,3-6,11H2,1-2H3/t9-,10+/m0/s1. The zero-order valence-corrected chi connectivity index (χ0v) is 7.64. The molecule has 0 radical (unpaired) electrons. The molecule has 1 rings (SSSR count). The number of hydrogen-bond acceptors (Lipinski definition) is 1. The lowest BCUT2D eigenvalue weighted by Gasteiger charge is -2.16. The van der Waals surface area contributed by atoms with Crippen molar-refractivity contribution in [2.24, 2.45) is 17.6 Å². The van der Waals surface area contributed by atoms with Crippen LogP contribution in [-0.2, 0) is 0 Å². The van der Waals surface area contributed by atoms with Gasteiger partial charge in [0.25, 0.3) is 0 Å². The van der Waals surface area contributed by atoms with E-state index in [9.17, 15) is 0 Å². The van der Waals surface area contributed by atoms with Crippen LogP contribution in [0.15, 0.2) is 12.2 Å². The van der Waals surface area contributed by atoms with Gasteiger partial charge in [-0.3, -0.25) is 0 Å². The molecule has 0 bridgehead atoms. The summed E-state index contributed by atoms with van der Waals surface area (Å²) in [6, 6.07) is 0.440. The van der Waals surface area contributed by atoms with E-state index in [1.807, 2.05) is 0 Å². The fourth-order valence-corrected chi connectivity index (χ4v) is 1.82. The summed E-state index contributed by atoms with van der Waals surface area (Å²) in [5.41, 5.74) is 7.22. The van der Waals surface area contributed by atoms with Gasteiger partial charge in [-0.2, -0.15) is 0 Å². The Morgan fingerprint density at radius 3 is 2.45 bits per heavy atom. The Kier molecular flexibility index (Phi) is 2.72. The van der Waals surface area contributed by atoms with Crippen LogP contribution in [0.3, 0.4) is 0 Å². The third-order valence-corrected chi connectivity index (χ3v) is 2.74. The van der Waals surface area contributed by atoms with Crippen LogP contribution in [0.25, 0.3) is 0 Å². The first-order valence-corrected chi connectivity index (χ1v) is 4.55. The first-order valence-electron chi connectivity index (χ1n) is 4.55. The molecule has 11 heavy (non-hydrogen) atoms. The Balaban J connectivity index is 2.43. The Morgan fingerprint density at radius 1 is 1.45 bits per heavy atom. The summed E-state index contributed by atoms with van der Waals surface area (Å²) in [5.74, 6) is 1.34.